The van der Waals surface area contributed by atoms with E-state index in [9.17, 15) is 4.79 Å². The van der Waals surface area contributed by atoms with Gasteiger partial charge >= 0.3 is 0 Å². The Bertz CT molecular complexity index is 289. The SMILES string of the molecule is CC(C)(C)C1CCCCC1NC(=O)C1CCNC1. The molecule has 1 amide bonds. The lowest BCUT2D eigenvalue weighted by atomic mass is 9.69. The molecule has 3 atom stereocenters. The first kappa shape index (κ1) is 13.9. The van der Waals surface area contributed by atoms with Crippen LogP contribution in [0.2, 0.25) is 0 Å². The molecule has 0 aromatic heterocycles. The van der Waals surface area contributed by atoms with E-state index in [1.54, 1.807) is 0 Å². The van der Waals surface area contributed by atoms with Gasteiger partial charge in [-0.05, 0) is 37.1 Å². The second-order valence-electron chi connectivity index (χ2n) is 7.06. The molecule has 1 aliphatic heterocycles. The van der Waals surface area contributed by atoms with Crippen molar-refractivity contribution in [1.82, 2.24) is 10.6 Å². The Kier molecular flexibility index (Phi) is 4.31. The Morgan fingerprint density at radius 3 is 2.50 bits per heavy atom. The maximum absolute atomic E-state index is 12.2. The number of amides is 1. The summed E-state index contributed by atoms with van der Waals surface area (Å²) < 4.78 is 0. The zero-order valence-electron chi connectivity index (χ0n) is 12.1. The first-order valence-corrected chi connectivity index (χ1v) is 7.49. The van der Waals surface area contributed by atoms with E-state index in [0.29, 0.717) is 17.4 Å². The summed E-state index contributed by atoms with van der Waals surface area (Å²) >= 11 is 0. The van der Waals surface area contributed by atoms with Crippen molar-refractivity contribution in [1.29, 1.82) is 0 Å². The van der Waals surface area contributed by atoms with Gasteiger partial charge in [0.1, 0.15) is 0 Å². The van der Waals surface area contributed by atoms with Crippen LogP contribution in [-0.4, -0.2) is 25.0 Å². The Labute approximate surface area is 111 Å². The minimum Gasteiger partial charge on any atom is -0.353 e. The molecule has 104 valence electrons. The van der Waals surface area contributed by atoms with E-state index in [4.69, 9.17) is 0 Å². The number of rotatable bonds is 2. The second-order valence-corrected chi connectivity index (χ2v) is 7.06. The first-order valence-electron chi connectivity index (χ1n) is 7.49. The van der Waals surface area contributed by atoms with Crippen LogP contribution in [0.1, 0.15) is 52.9 Å². The van der Waals surface area contributed by atoms with Crippen molar-refractivity contribution in [2.75, 3.05) is 13.1 Å². The third kappa shape index (κ3) is 3.25. The van der Waals surface area contributed by atoms with Crippen molar-refractivity contribution < 1.29 is 4.79 Å². The molecule has 2 N–H and O–H groups in total. The summed E-state index contributed by atoms with van der Waals surface area (Å²) in [7, 11) is 0. The Hall–Kier alpha value is -0.570. The highest BCUT2D eigenvalue weighted by Gasteiger charge is 2.36. The van der Waals surface area contributed by atoms with Crippen molar-refractivity contribution in [3.8, 4) is 0 Å². The zero-order valence-corrected chi connectivity index (χ0v) is 12.1. The van der Waals surface area contributed by atoms with Crippen LogP contribution in [0.25, 0.3) is 0 Å². The van der Waals surface area contributed by atoms with Gasteiger partial charge in [0.2, 0.25) is 5.91 Å². The molecule has 1 saturated carbocycles. The standard InChI is InChI=1S/C15H28N2O/c1-15(2,3)12-6-4-5-7-13(12)17-14(18)11-8-9-16-10-11/h11-13,16H,4-10H2,1-3H3,(H,17,18). The van der Waals surface area contributed by atoms with Gasteiger partial charge in [0.25, 0.3) is 0 Å². The fourth-order valence-corrected chi connectivity index (χ4v) is 3.52. The molecule has 1 saturated heterocycles. The number of carbonyl (C=O) groups excluding carboxylic acids is 1. The monoisotopic (exact) mass is 252 g/mol. The van der Waals surface area contributed by atoms with Crippen LogP contribution in [-0.2, 0) is 4.79 Å². The molecule has 1 heterocycles. The molecule has 0 aromatic rings. The molecule has 3 nitrogen and oxygen atoms in total. The summed E-state index contributed by atoms with van der Waals surface area (Å²) in [6, 6.07) is 0.395. The largest absolute Gasteiger partial charge is 0.353 e. The predicted molar refractivity (Wildman–Crippen MR) is 74.3 cm³/mol. The lowest BCUT2D eigenvalue weighted by Crippen LogP contribution is -2.48. The van der Waals surface area contributed by atoms with E-state index in [1.807, 2.05) is 0 Å². The summed E-state index contributed by atoms with van der Waals surface area (Å²) in [5, 5.41) is 6.61. The molecular weight excluding hydrogens is 224 g/mol. The quantitative estimate of drug-likeness (QED) is 0.792. The molecule has 3 unspecified atom stereocenters. The number of hydrogen-bond acceptors (Lipinski definition) is 2. The van der Waals surface area contributed by atoms with Crippen LogP contribution >= 0.6 is 0 Å². The molecule has 2 fully saturated rings. The van der Waals surface area contributed by atoms with Crippen molar-refractivity contribution in [3.63, 3.8) is 0 Å². The lowest BCUT2D eigenvalue weighted by Gasteiger charge is -2.41. The Morgan fingerprint density at radius 1 is 1.17 bits per heavy atom. The first-order chi connectivity index (χ1) is 8.48. The molecule has 1 aliphatic carbocycles. The van der Waals surface area contributed by atoms with Crippen molar-refractivity contribution in [3.05, 3.63) is 0 Å². The van der Waals surface area contributed by atoms with Crippen LogP contribution in [0.15, 0.2) is 0 Å². The molecule has 0 bridgehead atoms. The van der Waals surface area contributed by atoms with Gasteiger partial charge in [0.15, 0.2) is 0 Å². The summed E-state index contributed by atoms with van der Waals surface area (Å²) in [5.41, 5.74) is 0.298. The molecule has 2 aliphatic rings. The molecular formula is C15H28N2O. The topological polar surface area (TPSA) is 41.1 Å². The van der Waals surface area contributed by atoms with Crippen LogP contribution in [0.3, 0.4) is 0 Å². The maximum Gasteiger partial charge on any atom is 0.224 e. The van der Waals surface area contributed by atoms with Gasteiger partial charge in [-0.25, -0.2) is 0 Å². The average molecular weight is 252 g/mol. The second kappa shape index (κ2) is 5.60. The molecule has 2 rings (SSSR count). The summed E-state index contributed by atoms with van der Waals surface area (Å²) in [5.74, 6) is 1.11. The van der Waals surface area contributed by atoms with Gasteiger partial charge in [0, 0.05) is 12.6 Å². The zero-order chi connectivity index (χ0) is 13.2. The summed E-state index contributed by atoms with van der Waals surface area (Å²) in [4.78, 5) is 12.2. The minimum atomic E-state index is 0.201. The maximum atomic E-state index is 12.2. The average Bonchev–Trinajstić information content (AvgIpc) is 2.81. The Balaban J connectivity index is 1.94. The third-order valence-electron chi connectivity index (χ3n) is 4.64. The molecule has 0 spiro atoms. The normalized spacial score (nSPS) is 33.4. The van der Waals surface area contributed by atoms with E-state index < -0.39 is 0 Å². The van der Waals surface area contributed by atoms with E-state index in [-0.39, 0.29) is 11.8 Å². The van der Waals surface area contributed by atoms with Gasteiger partial charge in [-0.3, -0.25) is 4.79 Å². The molecule has 18 heavy (non-hydrogen) atoms. The highest BCUT2D eigenvalue weighted by molar-refractivity contribution is 5.79. The van der Waals surface area contributed by atoms with Crippen molar-refractivity contribution in [2.24, 2.45) is 17.3 Å². The highest BCUT2D eigenvalue weighted by atomic mass is 16.2. The van der Waals surface area contributed by atoms with Gasteiger partial charge in [-0.1, -0.05) is 33.6 Å². The molecule has 3 heteroatoms. The van der Waals surface area contributed by atoms with Gasteiger partial charge in [0.05, 0.1) is 5.92 Å². The van der Waals surface area contributed by atoms with Crippen LogP contribution in [0, 0.1) is 17.3 Å². The van der Waals surface area contributed by atoms with E-state index >= 15 is 0 Å². The molecule has 0 aromatic carbocycles. The molecule has 0 radical (unpaired) electrons. The number of hydrogen-bond donors (Lipinski definition) is 2. The fourth-order valence-electron chi connectivity index (χ4n) is 3.52. The minimum absolute atomic E-state index is 0.201. The van der Waals surface area contributed by atoms with Gasteiger partial charge in [-0.15, -0.1) is 0 Å². The van der Waals surface area contributed by atoms with Gasteiger partial charge in [-0.2, -0.15) is 0 Å². The van der Waals surface area contributed by atoms with Crippen LogP contribution in [0.4, 0.5) is 0 Å². The van der Waals surface area contributed by atoms with Crippen molar-refractivity contribution >= 4 is 5.91 Å². The predicted octanol–water partition coefficient (Wildman–Crippen LogP) is 2.32. The van der Waals surface area contributed by atoms with Gasteiger partial charge < -0.3 is 10.6 Å². The number of nitrogens with one attached hydrogen (secondary N) is 2. The fraction of sp³-hybridized carbons (Fsp3) is 0.933. The lowest BCUT2D eigenvalue weighted by molar-refractivity contribution is -0.126. The third-order valence-corrected chi connectivity index (χ3v) is 4.64. The smallest absolute Gasteiger partial charge is 0.224 e. The van der Waals surface area contributed by atoms with Crippen molar-refractivity contribution in [2.45, 2.75) is 58.9 Å². The van der Waals surface area contributed by atoms with E-state index in [0.717, 1.165) is 25.9 Å². The van der Waals surface area contributed by atoms with Crippen LogP contribution in [0.5, 0.6) is 0 Å². The Morgan fingerprint density at radius 2 is 1.89 bits per heavy atom. The summed E-state index contributed by atoms with van der Waals surface area (Å²) in [6.07, 6.45) is 6.00. The van der Waals surface area contributed by atoms with Crippen LogP contribution < -0.4 is 10.6 Å². The number of carbonyl (C=O) groups is 1. The van der Waals surface area contributed by atoms with E-state index in [1.165, 1.54) is 19.3 Å². The highest BCUT2D eigenvalue weighted by Crippen LogP contribution is 2.38. The summed E-state index contributed by atoms with van der Waals surface area (Å²) in [6.45, 7) is 8.77. The van der Waals surface area contributed by atoms with E-state index in [2.05, 4.69) is 31.4 Å².